The van der Waals surface area contributed by atoms with E-state index >= 15 is 0 Å². The van der Waals surface area contributed by atoms with Crippen LogP contribution < -0.4 is 53.8 Å². The summed E-state index contributed by atoms with van der Waals surface area (Å²) >= 11 is 0. The summed E-state index contributed by atoms with van der Waals surface area (Å²) in [5.41, 5.74) is -2.87. The number of carboxylic acid groups (broad SMARTS) is 4. The van der Waals surface area contributed by atoms with Gasteiger partial charge in [-0.1, -0.05) is 0 Å². The first-order chi connectivity index (χ1) is 29.4. The third kappa shape index (κ3) is 12.1. The largest absolute Gasteiger partial charge is 0.493 e. The highest BCUT2D eigenvalue weighted by Gasteiger charge is 2.40. The molecule has 2 aliphatic carbocycles. The van der Waals surface area contributed by atoms with Crippen LogP contribution in [0.15, 0.2) is 35.8 Å². The van der Waals surface area contributed by atoms with E-state index in [0.717, 1.165) is 9.13 Å². The first kappa shape index (κ1) is 47.1. The maximum atomic E-state index is 12.9. The van der Waals surface area contributed by atoms with Crippen LogP contribution in [0.5, 0.6) is 11.8 Å². The average Bonchev–Trinajstić information content (AvgIpc) is 3.21. The second kappa shape index (κ2) is 21.2. The highest BCUT2D eigenvalue weighted by molar-refractivity contribution is 5.75. The normalized spacial score (nSPS) is 26.8. The van der Waals surface area contributed by atoms with E-state index in [1.807, 2.05) is 0 Å². The molecule has 62 heavy (non-hydrogen) atoms. The van der Waals surface area contributed by atoms with Crippen molar-refractivity contribution >= 4 is 35.3 Å². The molecule has 2 saturated carbocycles. The highest BCUT2D eigenvalue weighted by Crippen LogP contribution is 2.35. The molecule has 27 heteroatoms. The number of rotatable bonds is 19. The highest BCUT2D eigenvalue weighted by atomic mass is 16.4. The lowest BCUT2D eigenvalue weighted by Gasteiger charge is -2.39. The Morgan fingerprint density at radius 2 is 1.18 bits per heavy atom. The molecule has 0 bridgehead atoms. The fourth-order valence-corrected chi connectivity index (χ4v) is 7.69. The van der Waals surface area contributed by atoms with Crippen molar-refractivity contribution in [3.63, 3.8) is 0 Å². The Hall–Kier alpha value is -5.97. The lowest BCUT2D eigenvalue weighted by molar-refractivity contribution is -0.574. The standard InChI is InChI=1S/C35H51N13O14/c1-15-8-22(50)47(26(52)23(15)45-43-20-11-16(28(54)55)9-17(12-20)29(56)57)5-2-36-32-40-33(42-34(41-32)38-4-7-49)37-3-6-48-27(53)24(25(51)39-35(48)62)46-44-21-13-18(30(58)59)10-19(14-21)31(60)61/h8,16-21,32-34,36-38,40-42,49,52-53H,2-7,9-14H2,1H3,(H,54,55)(H,56,57)(H,58,59)(H,60,61)(H,39,51,62)/p+1. The molecule has 3 fully saturated rings. The summed E-state index contributed by atoms with van der Waals surface area (Å²) in [7, 11) is 0. The molecule has 5 rings (SSSR count). The van der Waals surface area contributed by atoms with Crippen LogP contribution in [0, 0.1) is 30.6 Å². The summed E-state index contributed by atoms with van der Waals surface area (Å²) in [6.45, 7) is 1.32. The van der Waals surface area contributed by atoms with Gasteiger partial charge in [-0.05, 0) is 38.2 Å². The third-order valence-electron chi connectivity index (χ3n) is 10.9. The quantitative estimate of drug-likeness (QED) is 0.0593. The third-order valence-corrected chi connectivity index (χ3v) is 10.9. The number of aromatic hydroxyl groups is 2. The van der Waals surface area contributed by atoms with Gasteiger partial charge in [0.05, 0.1) is 36.3 Å². The number of carbonyl (C=O) groups is 4. The SMILES string of the molecule is Cc1cc(=O)n(CCNC2NC(NCCO)NC(NCCn3c(O)c(N=[NH+]C4CC(C(=O)O)CC(C(=O)O)C4)c(=O)[nH]c3=O)N2)c(O)c1N=NC1CC(C(=O)O)CC(C(=O)O)C1. The summed E-state index contributed by atoms with van der Waals surface area (Å²) in [5.74, 6) is -9.72. The summed E-state index contributed by atoms with van der Waals surface area (Å²) in [4.78, 5) is 86.8. The first-order valence-corrected chi connectivity index (χ1v) is 19.8. The smallest absolute Gasteiger partial charge is 0.331 e. The molecule has 7 unspecified atom stereocenters. The van der Waals surface area contributed by atoms with Gasteiger partial charge in [0.15, 0.2) is 6.04 Å². The Morgan fingerprint density at radius 1 is 0.710 bits per heavy atom. The Labute approximate surface area is 350 Å². The maximum absolute atomic E-state index is 12.9. The summed E-state index contributed by atoms with van der Waals surface area (Å²) < 4.78 is 1.88. The van der Waals surface area contributed by atoms with Crippen LogP contribution in [0.2, 0.25) is 0 Å². The van der Waals surface area contributed by atoms with Crippen LogP contribution in [0.25, 0.3) is 0 Å². The van der Waals surface area contributed by atoms with Gasteiger partial charge in [0, 0.05) is 56.7 Å². The van der Waals surface area contributed by atoms with Crippen molar-refractivity contribution in [3.05, 3.63) is 42.8 Å². The number of H-pyrrole nitrogens is 1. The number of nitrogens with one attached hydrogen (secondary N) is 8. The van der Waals surface area contributed by atoms with E-state index in [9.17, 15) is 69.3 Å². The molecule has 0 spiro atoms. The molecule has 1 aliphatic heterocycles. The maximum Gasteiger partial charge on any atom is 0.331 e. The number of aliphatic hydroxyl groups is 1. The predicted octanol–water partition coefficient (Wildman–Crippen LogP) is -4.33. The number of carboxylic acids is 4. The Balaban J connectivity index is 1.21. The number of aromatic nitrogens is 3. The van der Waals surface area contributed by atoms with Gasteiger partial charge in [-0.2, -0.15) is 5.11 Å². The molecular formula is C35H52N13O14+. The molecule has 0 radical (unpaired) electrons. The zero-order chi connectivity index (χ0) is 45.2. The fraction of sp³-hybridized carbons (Fsp3) is 0.629. The van der Waals surface area contributed by atoms with E-state index in [0.29, 0.717) is 5.56 Å². The minimum absolute atomic E-state index is 0.00155. The fourth-order valence-electron chi connectivity index (χ4n) is 7.69. The lowest BCUT2D eigenvalue weighted by Crippen LogP contribution is -2.77. The molecule has 2 aromatic heterocycles. The van der Waals surface area contributed by atoms with Crippen LogP contribution in [-0.2, 0) is 32.3 Å². The van der Waals surface area contributed by atoms with Crippen LogP contribution >= 0.6 is 0 Å². The molecule has 3 heterocycles. The van der Waals surface area contributed by atoms with Crippen LogP contribution in [-0.4, -0.2) is 131 Å². The van der Waals surface area contributed by atoms with Gasteiger partial charge in [-0.3, -0.25) is 74.8 Å². The number of pyridine rings is 1. The van der Waals surface area contributed by atoms with Gasteiger partial charge >= 0.3 is 29.6 Å². The van der Waals surface area contributed by atoms with E-state index in [1.54, 1.807) is 0 Å². The minimum Gasteiger partial charge on any atom is -0.493 e. The van der Waals surface area contributed by atoms with Crippen molar-refractivity contribution in [2.45, 2.75) is 89.5 Å². The van der Waals surface area contributed by atoms with E-state index in [-0.39, 0.29) is 83.5 Å². The Kier molecular flexibility index (Phi) is 16.1. The molecule has 3 aliphatic rings. The first-order valence-electron chi connectivity index (χ1n) is 19.8. The predicted molar refractivity (Wildman–Crippen MR) is 209 cm³/mol. The van der Waals surface area contributed by atoms with E-state index in [1.165, 1.54) is 13.0 Å². The van der Waals surface area contributed by atoms with Crippen molar-refractivity contribution in [1.82, 2.24) is 46.0 Å². The number of aryl methyl sites for hydroxylation is 1. The topological polar surface area (TPSA) is 410 Å². The van der Waals surface area contributed by atoms with Crippen molar-refractivity contribution < 1.29 is 60.0 Å². The minimum atomic E-state index is -1.18. The van der Waals surface area contributed by atoms with Crippen LogP contribution in [0.4, 0.5) is 11.4 Å². The molecule has 27 nitrogen and oxygen atoms in total. The molecule has 2 aromatic rings. The van der Waals surface area contributed by atoms with Crippen LogP contribution in [0.1, 0.15) is 44.1 Å². The van der Waals surface area contributed by atoms with E-state index in [4.69, 9.17) is 0 Å². The van der Waals surface area contributed by atoms with Crippen molar-refractivity contribution in [2.75, 3.05) is 26.2 Å². The van der Waals surface area contributed by atoms with E-state index < -0.39 is 113 Å². The molecule has 0 aromatic carbocycles. The van der Waals surface area contributed by atoms with Gasteiger partial charge in [-0.15, -0.1) is 10.2 Å². The summed E-state index contributed by atoms with van der Waals surface area (Å²) in [5, 5.41) is 103. The van der Waals surface area contributed by atoms with Crippen molar-refractivity contribution in [2.24, 2.45) is 39.0 Å². The van der Waals surface area contributed by atoms with Crippen molar-refractivity contribution in [3.8, 4) is 11.8 Å². The van der Waals surface area contributed by atoms with Gasteiger partial charge in [0.1, 0.15) is 24.6 Å². The van der Waals surface area contributed by atoms with Gasteiger partial charge in [0.25, 0.3) is 16.8 Å². The summed E-state index contributed by atoms with van der Waals surface area (Å²) in [6.07, 6.45) is -1.96. The van der Waals surface area contributed by atoms with Gasteiger partial charge in [0.2, 0.25) is 11.8 Å². The average molecular weight is 879 g/mol. The Bertz CT molecular complexity index is 2170. The number of hydrogen-bond acceptors (Lipinski definition) is 19. The molecule has 15 N–H and O–H groups in total. The number of aliphatic hydroxyl groups excluding tert-OH is 1. The van der Waals surface area contributed by atoms with Gasteiger partial charge in [-0.25, -0.2) is 4.79 Å². The second-order valence-electron chi connectivity index (χ2n) is 15.3. The van der Waals surface area contributed by atoms with Crippen molar-refractivity contribution in [1.29, 1.82) is 0 Å². The molecule has 7 atom stereocenters. The monoisotopic (exact) mass is 878 g/mol. The van der Waals surface area contributed by atoms with E-state index in [2.05, 4.69) is 57.3 Å². The zero-order valence-corrected chi connectivity index (χ0v) is 33.5. The molecular weight excluding hydrogens is 826 g/mol. The number of azo groups is 2. The number of hydrogen-bond donors (Lipinski definition) is 15. The zero-order valence-electron chi connectivity index (χ0n) is 33.5. The number of aliphatic carboxylic acids is 4. The molecule has 0 amide bonds. The van der Waals surface area contributed by atoms with Gasteiger partial charge < -0.3 is 35.7 Å². The second-order valence-corrected chi connectivity index (χ2v) is 15.3. The van der Waals surface area contributed by atoms with Crippen LogP contribution in [0.3, 0.4) is 0 Å². The number of aromatic amines is 1. The lowest BCUT2D eigenvalue weighted by atomic mass is 9.79. The molecule has 340 valence electrons. The number of nitrogens with zero attached hydrogens (tertiary/aromatic N) is 5. The Morgan fingerprint density at radius 3 is 1.68 bits per heavy atom. The molecule has 1 saturated heterocycles. The summed E-state index contributed by atoms with van der Waals surface area (Å²) in [6, 6.07) is -0.251.